The van der Waals surface area contributed by atoms with Crippen LogP contribution in [0.4, 0.5) is 4.39 Å². The van der Waals surface area contributed by atoms with Crippen molar-refractivity contribution >= 4 is 0 Å². The molecular weight excluding hydrogens is 331 g/mol. The topological polar surface area (TPSA) is 65.0 Å². The van der Waals surface area contributed by atoms with Crippen LogP contribution < -0.4 is 0 Å². The third-order valence-corrected chi connectivity index (χ3v) is 4.95. The smallest absolute Gasteiger partial charge is 0.123 e. The van der Waals surface area contributed by atoms with E-state index in [2.05, 4.69) is 20.1 Å². The van der Waals surface area contributed by atoms with Gasteiger partial charge in [0.1, 0.15) is 5.82 Å². The molecule has 0 radical (unpaired) electrons. The van der Waals surface area contributed by atoms with E-state index in [0.29, 0.717) is 13.1 Å². The van der Waals surface area contributed by atoms with Gasteiger partial charge in [0, 0.05) is 49.1 Å². The Balaban J connectivity index is 1.45. The first-order chi connectivity index (χ1) is 12.7. The van der Waals surface area contributed by atoms with E-state index < -0.39 is 0 Å². The second-order valence-electron chi connectivity index (χ2n) is 6.86. The monoisotopic (exact) mass is 352 g/mol. The summed E-state index contributed by atoms with van der Waals surface area (Å²) in [5.74, 6) is -0.0704. The normalized spacial score (nSPS) is 20.5. The molecule has 1 saturated heterocycles. The number of aliphatic hydroxyl groups excluding tert-OH is 1. The van der Waals surface area contributed by atoms with Gasteiger partial charge in [-0.3, -0.25) is 15.0 Å². The molecule has 4 rings (SSSR count). The molecule has 2 aromatic heterocycles. The molecule has 0 saturated carbocycles. The molecule has 26 heavy (non-hydrogen) atoms. The van der Waals surface area contributed by atoms with Crippen LogP contribution in [0.1, 0.15) is 11.1 Å². The van der Waals surface area contributed by atoms with Gasteiger partial charge in [-0.15, -0.1) is 0 Å². The van der Waals surface area contributed by atoms with Crippen LogP contribution in [0.3, 0.4) is 0 Å². The molecule has 3 heterocycles. The van der Waals surface area contributed by atoms with Crippen LogP contribution in [0.2, 0.25) is 0 Å². The second-order valence-corrected chi connectivity index (χ2v) is 6.86. The summed E-state index contributed by atoms with van der Waals surface area (Å²) in [5.41, 5.74) is 3.81. The van der Waals surface area contributed by atoms with Crippen molar-refractivity contribution in [1.29, 1.82) is 0 Å². The summed E-state index contributed by atoms with van der Waals surface area (Å²) < 4.78 is 13.5. The molecular formula is C20H21FN4O. The quantitative estimate of drug-likeness (QED) is 0.741. The van der Waals surface area contributed by atoms with Crippen LogP contribution in [0.15, 0.2) is 55.0 Å². The first-order valence-corrected chi connectivity index (χ1v) is 8.76. The highest BCUT2D eigenvalue weighted by atomic mass is 19.1. The number of hydrogen-bond donors (Lipinski definition) is 2. The van der Waals surface area contributed by atoms with Gasteiger partial charge in [0.2, 0.25) is 0 Å². The summed E-state index contributed by atoms with van der Waals surface area (Å²) in [4.78, 5) is 6.26. The first-order valence-electron chi connectivity index (χ1n) is 8.76. The molecule has 0 bridgehead atoms. The number of likely N-dealkylation sites (tertiary alicyclic amines) is 1. The Bertz CT molecular complexity index is 867. The van der Waals surface area contributed by atoms with E-state index in [4.69, 9.17) is 0 Å². The lowest BCUT2D eigenvalue weighted by Gasteiger charge is -2.16. The Hall–Kier alpha value is -2.57. The number of β-amino-alcohol motifs (C(OH)–C–C–N with tert-alkyl or cyclic N) is 1. The van der Waals surface area contributed by atoms with Gasteiger partial charge in [0.15, 0.2) is 0 Å². The number of aromatic nitrogens is 3. The van der Waals surface area contributed by atoms with Crippen LogP contribution in [0.25, 0.3) is 11.3 Å². The third-order valence-electron chi connectivity index (χ3n) is 4.95. The Morgan fingerprint density at radius 3 is 2.85 bits per heavy atom. The molecule has 0 spiro atoms. The minimum atomic E-state index is -0.354. The summed E-state index contributed by atoms with van der Waals surface area (Å²) in [6.07, 6.45) is 5.83. The average molecular weight is 352 g/mol. The number of rotatable bonds is 5. The largest absolute Gasteiger partial charge is 0.391 e. The van der Waals surface area contributed by atoms with E-state index in [1.165, 1.54) is 17.7 Å². The van der Waals surface area contributed by atoms with Crippen molar-refractivity contribution in [2.24, 2.45) is 5.92 Å². The Labute approximate surface area is 151 Å². The molecule has 2 atom stereocenters. The third kappa shape index (κ3) is 3.66. The van der Waals surface area contributed by atoms with Gasteiger partial charge in [-0.25, -0.2) is 4.39 Å². The lowest BCUT2D eigenvalue weighted by atomic mass is 9.97. The summed E-state index contributed by atoms with van der Waals surface area (Å²) in [7, 11) is 0. The maximum Gasteiger partial charge on any atom is 0.123 e. The van der Waals surface area contributed by atoms with Crippen LogP contribution in [-0.2, 0) is 13.0 Å². The zero-order valence-electron chi connectivity index (χ0n) is 14.3. The SMILES string of the molecule is O[C@H]1CN(Cc2cn[nH]c2-c2cccc(F)c2)C[C@H]1Cc1ccncc1. The van der Waals surface area contributed by atoms with Gasteiger partial charge in [0.25, 0.3) is 0 Å². The molecule has 1 aliphatic rings. The highest BCUT2D eigenvalue weighted by molar-refractivity contribution is 5.62. The van der Waals surface area contributed by atoms with E-state index in [0.717, 1.165) is 29.8 Å². The van der Waals surface area contributed by atoms with Crippen molar-refractivity contribution in [2.45, 2.75) is 19.1 Å². The number of H-pyrrole nitrogens is 1. The minimum absolute atomic E-state index is 0.196. The van der Waals surface area contributed by atoms with E-state index in [9.17, 15) is 9.50 Å². The number of aromatic amines is 1. The molecule has 0 unspecified atom stereocenters. The molecule has 3 aromatic rings. The molecule has 0 aliphatic carbocycles. The Kier molecular flexibility index (Phi) is 4.77. The number of nitrogens with one attached hydrogen (secondary N) is 1. The van der Waals surface area contributed by atoms with Crippen LogP contribution in [0, 0.1) is 11.7 Å². The minimum Gasteiger partial charge on any atom is -0.391 e. The zero-order chi connectivity index (χ0) is 17.9. The number of benzene rings is 1. The summed E-state index contributed by atoms with van der Waals surface area (Å²) in [5, 5.41) is 17.5. The summed E-state index contributed by atoms with van der Waals surface area (Å²) >= 11 is 0. The molecule has 134 valence electrons. The van der Waals surface area contributed by atoms with Crippen LogP contribution >= 0.6 is 0 Å². The molecule has 6 heteroatoms. The fourth-order valence-corrected chi connectivity index (χ4v) is 3.66. The average Bonchev–Trinajstić information content (AvgIpc) is 3.23. The predicted molar refractivity (Wildman–Crippen MR) is 96.7 cm³/mol. The van der Waals surface area contributed by atoms with E-state index in [1.807, 2.05) is 18.2 Å². The van der Waals surface area contributed by atoms with Crippen molar-refractivity contribution in [3.8, 4) is 11.3 Å². The molecule has 5 nitrogen and oxygen atoms in total. The van der Waals surface area contributed by atoms with E-state index in [1.54, 1.807) is 24.7 Å². The number of hydrogen-bond acceptors (Lipinski definition) is 4. The summed E-state index contributed by atoms with van der Waals surface area (Å²) in [6, 6.07) is 10.5. The predicted octanol–water partition coefficient (Wildman–Crippen LogP) is 2.65. The van der Waals surface area contributed by atoms with Crippen molar-refractivity contribution < 1.29 is 9.50 Å². The van der Waals surface area contributed by atoms with E-state index >= 15 is 0 Å². The maximum absolute atomic E-state index is 13.5. The summed E-state index contributed by atoms with van der Waals surface area (Å²) in [6.45, 7) is 2.12. The van der Waals surface area contributed by atoms with E-state index in [-0.39, 0.29) is 17.8 Å². The Morgan fingerprint density at radius 2 is 2.04 bits per heavy atom. The zero-order valence-corrected chi connectivity index (χ0v) is 14.3. The Morgan fingerprint density at radius 1 is 1.19 bits per heavy atom. The van der Waals surface area contributed by atoms with Gasteiger partial charge < -0.3 is 5.11 Å². The molecule has 0 amide bonds. The van der Waals surface area contributed by atoms with Gasteiger partial charge >= 0.3 is 0 Å². The van der Waals surface area contributed by atoms with Crippen LogP contribution in [-0.4, -0.2) is 44.4 Å². The number of halogens is 1. The number of aliphatic hydroxyl groups is 1. The number of nitrogens with zero attached hydrogens (tertiary/aromatic N) is 3. The highest BCUT2D eigenvalue weighted by Crippen LogP contribution is 2.27. The van der Waals surface area contributed by atoms with Gasteiger partial charge in [-0.05, 0) is 36.2 Å². The molecule has 1 aromatic carbocycles. The highest BCUT2D eigenvalue weighted by Gasteiger charge is 2.31. The first kappa shape index (κ1) is 16.9. The lowest BCUT2D eigenvalue weighted by Crippen LogP contribution is -2.21. The van der Waals surface area contributed by atoms with Gasteiger partial charge in [-0.2, -0.15) is 5.10 Å². The van der Waals surface area contributed by atoms with Crippen LogP contribution in [0.5, 0.6) is 0 Å². The molecule has 2 N–H and O–H groups in total. The lowest BCUT2D eigenvalue weighted by molar-refractivity contribution is 0.141. The van der Waals surface area contributed by atoms with Gasteiger partial charge in [0.05, 0.1) is 18.0 Å². The van der Waals surface area contributed by atoms with Crippen molar-refractivity contribution in [2.75, 3.05) is 13.1 Å². The maximum atomic E-state index is 13.5. The standard InChI is InChI=1S/C20H21FN4O/c21-18-3-1-2-15(9-18)20-17(10-23-24-20)12-25-11-16(19(26)13-25)8-14-4-6-22-7-5-14/h1-7,9-10,16,19,26H,8,11-13H2,(H,23,24)/t16-,19+/m1/s1. The number of pyridine rings is 1. The van der Waals surface area contributed by atoms with Crippen molar-refractivity contribution in [3.63, 3.8) is 0 Å². The second kappa shape index (κ2) is 7.35. The van der Waals surface area contributed by atoms with Gasteiger partial charge in [-0.1, -0.05) is 12.1 Å². The van der Waals surface area contributed by atoms with Crippen molar-refractivity contribution in [1.82, 2.24) is 20.1 Å². The molecule has 1 aliphatic heterocycles. The fourth-order valence-electron chi connectivity index (χ4n) is 3.66. The fraction of sp³-hybridized carbons (Fsp3) is 0.300. The van der Waals surface area contributed by atoms with Crippen molar-refractivity contribution in [3.05, 3.63) is 71.9 Å². The molecule has 1 fully saturated rings.